The highest BCUT2D eigenvalue weighted by Crippen LogP contribution is 2.31. The molecule has 1 unspecified atom stereocenters. The minimum absolute atomic E-state index is 0.726. The van der Waals surface area contributed by atoms with E-state index in [0.29, 0.717) is 0 Å². The van der Waals surface area contributed by atoms with Crippen LogP contribution in [-0.4, -0.2) is 0 Å². The molecule has 17 heavy (non-hydrogen) atoms. The molecule has 1 atom stereocenters. The van der Waals surface area contributed by atoms with Crippen LogP contribution in [0.2, 0.25) is 0 Å². The fourth-order valence-electron chi connectivity index (χ4n) is 2.04. The van der Waals surface area contributed by atoms with Crippen LogP contribution in [0.15, 0.2) is 24.3 Å². The summed E-state index contributed by atoms with van der Waals surface area (Å²) < 4.78 is 0. The van der Waals surface area contributed by atoms with Crippen molar-refractivity contribution in [2.24, 2.45) is 5.92 Å². The summed E-state index contributed by atoms with van der Waals surface area (Å²) in [6.07, 6.45) is 9.45. The Morgan fingerprint density at radius 1 is 1.18 bits per heavy atom. The van der Waals surface area contributed by atoms with Gasteiger partial charge in [0.05, 0.1) is 0 Å². The van der Waals surface area contributed by atoms with Crippen LogP contribution in [0.1, 0.15) is 62.6 Å². The van der Waals surface area contributed by atoms with Gasteiger partial charge in [0, 0.05) is 9.75 Å². The Balaban J connectivity index is 2.62. The smallest absolute Gasteiger partial charge is 0.00821 e. The molecule has 1 heteroatoms. The quantitative estimate of drug-likeness (QED) is 0.537. The molecule has 0 aliphatic rings. The normalized spacial score (nSPS) is 13.7. The van der Waals surface area contributed by atoms with Gasteiger partial charge < -0.3 is 0 Å². The Labute approximate surface area is 111 Å². The third-order valence-electron chi connectivity index (χ3n) is 3.01. The van der Waals surface area contributed by atoms with Gasteiger partial charge in [-0.2, -0.15) is 0 Å². The molecular weight excluding hydrogens is 224 g/mol. The fourth-order valence-corrected chi connectivity index (χ4v) is 3.46. The predicted molar refractivity (Wildman–Crippen MR) is 79.9 cm³/mol. The summed E-state index contributed by atoms with van der Waals surface area (Å²) in [6.45, 7) is 9.08. The first-order valence-corrected chi connectivity index (χ1v) is 7.72. The molecule has 1 aromatic heterocycles. The van der Waals surface area contributed by atoms with Gasteiger partial charge in [-0.15, -0.1) is 11.3 Å². The molecule has 1 aromatic rings. The monoisotopic (exact) mass is 250 g/mol. The van der Waals surface area contributed by atoms with Crippen LogP contribution in [0.25, 0.3) is 0 Å². The fraction of sp³-hybridized carbons (Fsp3) is 0.625. The summed E-state index contributed by atoms with van der Waals surface area (Å²) >= 11 is 2.02. The van der Waals surface area contributed by atoms with Crippen LogP contribution in [0.5, 0.6) is 0 Å². The third-order valence-corrected chi connectivity index (χ3v) is 4.28. The summed E-state index contributed by atoms with van der Waals surface area (Å²) in [4.78, 5) is 3.12. The minimum Gasteiger partial charge on any atom is -0.145 e. The van der Waals surface area contributed by atoms with E-state index in [9.17, 15) is 0 Å². The van der Waals surface area contributed by atoms with E-state index in [1.807, 2.05) is 11.3 Å². The molecule has 0 radical (unpaired) electrons. The van der Waals surface area contributed by atoms with Crippen molar-refractivity contribution in [2.45, 2.75) is 59.3 Å². The van der Waals surface area contributed by atoms with Gasteiger partial charge >= 0.3 is 0 Å². The Kier molecular flexibility index (Phi) is 6.57. The molecule has 0 aliphatic carbocycles. The molecule has 0 aromatic carbocycles. The lowest BCUT2D eigenvalue weighted by Crippen LogP contribution is -1.92. The van der Waals surface area contributed by atoms with Gasteiger partial charge in [-0.1, -0.05) is 39.8 Å². The van der Waals surface area contributed by atoms with E-state index in [1.165, 1.54) is 19.3 Å². The lowest BCUT2D eigenvalue weighted by molar-refractivity contribution is 0.654. The maximum absolute atomic E-state index is 2.34. The maximum Gasteiger partial charge on any atom is 0.00821 e. The third kappa shape index (κ3) is 5.08. The topological polar surface area (TPSA) is 0 Å². The van der Waals surface area contributed by atoms with Crippen LogP contribution in [0.4, 0.5) is 0 Å². The highest BCUT2D eigenvalue weighted by molar-refractivity contribution is 7.12. The Bertz CT molecular complexity index is 333. The van der Waals surface area contributed by atoms with Crippen molar-refractivity contribution >= 4 is 11.3 Å². The van der Waals surface area contributed by atoms with Crippen LogP contribution >= 0.6 is 11.3 Å². The van der Waals surface area contributed by atoms with Gasteiger partial charge in [-0.05, 0) is 49.7 Å². The van der Waals surface area contributed by atoms with E-state index in [4.69, 9.17) is 0 Å². The first-order valence-electron chi connectivity index (χ1n) is 6.90. The number of thiophene rings is 1. The highest BCUT2D eigenvalue weighted by Gasteiger charge is 2.11. The zero-order valence-electron chi connectivity index (χ0n) is 11.7. The number of hydrogen-bond donors (Lipinski definition) is 0. The number of allylic oxidation sites excluding steroid dienone is 2. The lowest BCUT2D eigenvalue weighted by Gasteiger charge is -2.10. The molecule has 0 N–H and O–H groups in total. The first kappa shape index (κ1) is 14.5. The summed E-state index contributed by atoms with van der Waals surface area (Å²) in [5, 5.41) is 0. The standard InChI is InChI=1S/C16H26S/c1-5-7-8-9-14(6-2)16-11-10-15(17-16)12-13(3)4/h7-8,10-11,13-14H,5-6,9,12H2,1-4H3/b8-7-. The molecule has 0 bridgehead atoms. The second-order valence-corrected chi connectivity index (χ2v) is 6.32. The molecule has 0 aliphatic heterocycles. The zero-order chi connectivity index (χ0) is 12.7. The van der Waals surface area contributed by atoms with Gasteiger partial charge in [-0.3, -0.25) is 0 Å². The average Bonchev–Trinajstić information content (AvgIpc) is 2.72. The summed E-state index contributed by atoms with van der Waals surface area (Å²) in [7, 11) is 0. The molecule has 0 saturated heterocycles. The lowest BCUT2D eigenvalue weighted by atomic mass is 10.00. The van der Waals surface area contributed by atoms with E-state index in [1.54, 1.807) is 9.75 Å². The molecular formula is C16H26S. The Hall–Kier alpha value is -0.560. The van der Waals surface area contributed by atoms with E-state index >= 15 is 0 Å². The van der Waals surface area contributed by atoms with Crippen LogP contribution in [0, 0.1) is 5.92 Å². The van der Waals surface area contributed by atoms with Gasteiger partial charge in [-0.25, -0.2) is 0 Å². The van der Waals surface area contributed by atoms with E-state index in [0.717, 1.165) is 18.3 Å². The van der Waals surface area contributed by atoms with Crippen molar-refractivity contribution in [3.63, 3.8) is 0 Å². The van der Waals surface area contributed by atoms with Crippen molar-refractivity contribution in [1.29, 1.82) is 0 Å². The summed E-state index contributed by atoms with van der Waals surface area (Å²) in [5.41, 5.74) is 0. The maximum atomic E-state index is 2.34. The van der Waals surface area contributed by atoms with Crippen LogP contribution in [0.3, 0.4) is 0 Å². The van der Waals surface area contributed by atoms with Gasteiger partial charge in [0.15, 0.2) is 0 Å². The molecule has 0 spiro atoms. The Morgan fingerprint density at radius 3 is 2.53 bits per heavy atom. The molecule has 0 amide bonds. The second-order valence-electron chi connectivity index (χ2n) is 5.12. The molecule has 0 nitrogen and oxygen atoms in total. The van der Waals surface area contributed by atoms with Crippen molar-refractivity contribution in [1.82, 2.24) is 0 Å². The predicted octanol–water partition coefficient (Wildman–Crippen LogP) is 5.80. The molecule has 1 rings (SSSR count). The summed E-state index contributed by atoms with van der Waals surface area (Å²) in [5.74, 6) is 1.49. The largest absolute Gasteiger partial charge is 0.145 e. The van der Waals surface area contributed by atoms with Gasteiger partial charge in [0.1, 0.15) is 0 Å². The first-order chi connectivity index (χ1) is 8.17. The summed E-state index contributed by atoms with van der Waals surface area (Å²) in [6, 6.07) is 4.67. The second kappa shape index (κ2) is 7.71. The number of rotatable bonds is 7. The zero-order valence-corrected chi connectivity index (χ0v) is 12.5. The van der Waals surface area contributed by atoms with Crippen LogP contribution in [-0.2, 0) is 6.42 Å². The van der Waals surface area contributed by atoms with E-state index in [2.05, 4.69) is 52.0 Å². The van der Waals surface area contributed by atoms with Crippen molar-refractivity contribution in [3.05, 3.63) is 34.0 Å². The molecule has 1 heterocycles. The van der Waals surface area contributed by atoms with Gasteiger partial charge in [0.25, 0.3) is 0 Å². The average molecular weight is 250 g/mol. The van der Waals surface area contributed by atoms with Gasteiger partial charge in [0.2, 0.25) is 0 Å². The molecule has 0 fully saturated rings. The molecule has 0 saturated carbocycles. The van der Waals surface area contributed by atoms with Crippen molar-refractivity contribution < 1.29 is 0 Å². The highest BCUT2D eigenvalue weighted by atomic mass is 32.1. The van der Waals surface area contributed by atoms with E-state index < -0.39 is 0 Å². The molecule has 96 valence electrons. The number of hydrogen-bond acceptors (Lipinski definition) is 1. The van der Waals surface area contributed by atoms with Crippen molar-refractivity contribution in [3.8, 4) is 0 Å². The van der Waals surface area contributed by atoms with Crippen molar-refractivity contribution in [2.75, 3.05) is 0 Å². The van der Waals surface area contributed by atoms with E-state index in [-0.39, 0.29) is 0 Å². The Morgan fingerprint density at radius 2 is 1.94 bits per heavy atom. The van der Waals surface area contributed by atoms with Crippen LogP contribution < -0.4 is 0 Å². The SMILES string of the molecule is CC/C=C\CC(CC)c1ccc(CC(C)C)s1. The minimum atomic E-state index is 0.726.